The van der Waals surface area contributed by atoms with Crippen molar-refractivity contribution >= 4 is 11.9 Å². The third-order valence-electron chi connectivity index (χ3n) is 3.37. The predicted octanol–water partition coefficient (Wildman–Crippen LogP) is 2.92. The number of methoxy groups -OCH3 is 1. The Morgan fingerprint density at radius 2 is 2.05 bits per heavy atom. The van der Waals surface area contributed by atoms with Crippen molar-refractivity contribution in [3.63, 3.8) is 0 Å². The molecule has 1 heterocycles. The number of ether oxygens (including phenoxy) is 3. The van der Waals surface area contributed by atoms with E-state index in [2.05, 4.69) is 0 Å². The highest BCUT2D eigenvalue weighted by atomic mass is 16.5. The molecule has 0 saturated heterocycles. The van der Waals surface area contributed by atoms with Gasteiger partial charge in [0, 0.05) is 0 Å². The smallest absolute Gasteiger partial charge is 0.341 e. The fourth-order valence-corrected chi connectivity index (χ4v) is 2.20. The zero-order chi connectivity index (χ0) is 15.9. The summed E-state index contributed by atoms with van der Waals surface area (Å²) in [5.74, 6) is -0.477. The maximum Gasteiger partial charge on any atom is 0.341 e. The average Bonchev–Trinajstić information content (AvgIpc) is 2.78. The molecule has 22 heavy (non-hydrogen) atoms. The van der Waals surface area contributed by atoms with E-state index in [-0.39, 0.29) is 5.56 Å². The van der Waals surface area contributed by atoms with Crippen molar-refractivity contribution < 1.29 is 23.8 Å². The van der Waals surface area contributed by atoms with Gasteiger partial charge in [-0.05, 0) is 30.5 Å². The minimum absolute atomic E-state index is 0.276. The highest BCUT2D eigenvalue weighted by molar-refractivity contribution is 5.98. The quantitative estimate of drug-likeness (QED) is 0.475. The van der Waals surface area contributed by atoms with E-state index in [0.717, 1.165) is 18.4 Å². The van der Waals surface area contributed by atoms with E-state index in [9.17, 15) is 9.59 Å². The van der Waals surface area contributed by atoms with Gasteiger partial charge in [0.15, 0.2) is 0 Å². The van der Waals surface area contributed by atoms with E-state index < -0.39 is 11.9 Å². The first-order valence-corrected chi connectivity index (χ1v) is 7.37. The molecule has 0 aromatic heterocycles. The number of allylic oxidation sites excluding steroid dienone is 1. The summed E-state index contributed by atoms with van der Waals surface area (Å²) in [4.78, 5) is 24.1. The van der Waals surface area contributed by atoms with E-state index in [1.54, 1.807) is 6.07 Å². The van der Waals surface area contributed by atoms with Crippen LogP contribution in [0.4, 0.5) is 0 Å². The summed E-state index contributed by atoms with van der Waals surface area (Å²) < 4.78 is 15.6. The van der Waals surface area contributed by atoms with Crippen LogP contribution in [0.5, 0.6) is 5.75 Å². The lowest BCUT2D eigenvalue weighted by molar-refractivity contribution is 0.0495. The van der Waals surface area contributed by atoms with Crippen LogP contribution in [0.15, 0.2) is 24.3 Å². The summed E-state index contributed by atoms with van der Waals surface area (Å²) >= 11 is 0. The van der Waals surface area contributed by atoms with Gasteiger partial charge < -0.3 is 14.2 Å². The molecule has 1 aromatic carbocycles. The van der Waals surface area contributed by atoms with Crippen molar-refractivity contribution in [1.82, 2.24) is 0 Å². The van der Waals surface area contributed by atoms with E-state index in [0.29, 0.717) is 30.9 Å². The standard InChI is InChI=1S/C17H20O5/c1-3-4-8-22-17(19)14-11-13(16(18)20-2)10-12-7-5-6-9-21-15(12)14/h5-6,10-11H,3-4,7-9H2,1-2H3. The highest BCUT2D eigenvalue weighted by Gasteiger charge is 2.22. The van der Waals surface area contributed by atoms with Gasteiger partial charge in [0.05, 0.1) is 19.3 Å². The number of unbranched alkanes of at least 4 members (excludes halogenated alkanes) is 1. The second-order valence-corrected chi connectivity index (χ2v) is 4.98. The zero-order valence-corrected chi connectivity index (χ0v) is 12.9. The van der Waals surface area contributed by atoms with Crippen LogP contribution in [0.3, 0.4) is 0 Å². The second-order valence-electron chi connectivity index (χ2n) is 4.98. The topological polar surface area (TPSA) is 61.8 Å². The van der Waals surface area contributed by atoms with E-state index in [1.807, 2.05) is 19.1 Å². The van der Waals surface area contributed by atoms with Gasteiger partial charge >= 0.3 is 11.9 Å². The maximum absolute atomic E-state index is 12.3. The SMILES string of the molecule is CCCCOC(=O)c1cc(C(=O)OC)cc2c1OCC=CC2. The van der Waals surface area contributed by atoms with Gasteiger partial charge in [0.2, 0.25) is 0 Å². The lowest BCUT2D eigenvalue weighted by Crippen LogP contribution is -2.13. The fourth-order valence-electron chi connectivity index (χ4n) is 2.20. The molecule has 1 aliphatic rings. The summed E-state index contributed by atoms with van der Waals surface area (Å²) in [5.41, 5.74) is 1.37. The Morgan fingerprint density at radius 1 is 1.23 bits per heavy atom. The first-order chi connectivity index (χ1) is 10.7. The largest absolute Gasteiger partial charge is 0.488 e. The number of fused-ring (bicyclic) bond motifs is 1. The molecule has 0 N–H and O–H groups in total. The monoisotopic (exact) mass is 304 g/mol. The molecule has 0 atom stereocenters. The molecule has 2 rings (SSSR count). The van der Waals surface area contributed by atoms with Crippen molar-refractivity contribution in [2.24, 2.45) is 0 Å². The minimum Gasteiger partial charge on any atom is -0.488 e. The Kier molecular flexibility index (Phi) is 5.58. The molecular weight excluding hydrogens is 284 g/mol. The molecule has 5 nitrogen and oxygen atoms in total. The van der Waals surface area contributed by atoms with Crippen molar-refractivity contribution in [1.29, 1.82) is 0 Å². The van der Waals surface area contributed by atoms with E-state index in [4.69, 9.17) is 14.2 Å². The molecule has 118 valence electrons. The van der Waals surface area contributed by atoms with Crippen LogP contribution in [0.2, 0.25) is 0 Å². The van der Waals surface area contributed by atoms with Gasteiger partial charge in [0.25, 0.3) is 0 Å². The molecular formula is C17H20O5. The van der Waals surface area contributed by atoms with Crippen molar-refractivity contribution in [2.75, 3.05) is 20.3 Å². The summed E-state index contributed by atoms with van der Waals surface area (Å²) in [5, 5.41) is 0. The number of benzene rings is 1. The van der Waals surface area contributed by atoms with Gasteiger partial charge in [-0.25, -0.2) is 9.59 Å². The van der Waals surface area contributed by atoms with Gasteiger partial charge in [-0.2, -0.15) is 0 Å². The third-order valence-corrected chi connectivity index (χ3v) is 3.37. The summed E-state index contributed by atoms with van der Waals surface area (Å²) in [7, 11) is 1.31. The Morgan fingerprint density at radius 3 is 2.77 bits per heavy atom. The molecule has 0 fully saturated rings. The molecule has 0 bridgehead atoms. The number of carbonyl (C=O) groups is 2. The molecule has 0 radical (unpaired) electrons. The highest BCUT2D eigenvalue weighted by Crippen LogP contribution is 2.29. The molecule has 0 aliphatic carbocycles. The Labute approximate surface area is 129 Å². The maximum atomic E-state index is 12.3. The first kappa shape index (κ1) is 16.1. The Balaban J connectivity index is 2.37. The number of carbonyl (C=O) groups excluding carboxylic acids is 2. The van der Waals surface area contributed by atoms with Gasteiger partial charge in [-0.1, -0.05) is 25.5 Å². The van der Waals surface area contributed by atoms with Crippen LogP contribution in [0.25, 0.3) is 0 Å². The normalized spacial score (nSPS) is 12.8. The lowest BCUT2D eigenvalue weighted by atomic mass is 10.0. The summed E-state index contributed by atoms with van der Waals surface area (Å²) in [6, 6.07) is 3.17. The Bertz CT molecular complexity index is 589. The zero-order valence-electron chi connectivity index (χ0n) is 12.9. The minimum atomic E-state index is -0.487. The van der Waals surface area contributed by atoms with Crippen LogP contribution < -0.4 is 4.74 Å². The number of hydrogen-bond donors (Lipinski definition) is 0. The van der Waals surface area contributed by atoms with E-state index >= 15 is 0 Å². The van der Waals surface area contributed by atoms with Gasteiger partial charge in [-0.3, -0.25) is 0 Å². The van der Waals surface area contributed by atoms with E-state index in [1.165, 1.54) is 13.2 Å². The predicted molar refractivity (Wildman–Crippen MR) is 81.3 cm³/mol. The van der Waals surface area contributed by atoms with Crippen LogP contribution in [-0.4, -0.2) is 32.3 Å². The number of esters is 2. The molecule has 5 heteroatoms. The third kappa shape index (κ3) is 3.67. The summed E-state index contributed by atoms with van der Waals surface area (Å²) in [6.07, 6.45) is 6.15. The van der Waals surface area contributed by atoms with Gasteiger partial charge in [-0.15, -0.1) is 0 Å². The molecule has 1 aliphatic heterocycles. The fraction of sp³-hybridized carbons (Fsp3) is 0.412. The number of rotatable bonds is 5. The number of hydrogen-bond acceptors (Lipinski definition) is 5. The van der Waals surface area contributed by atoms with Crippen molar-refractivity contribution in [3.8, 4) is 5.75 Å². The lowest BCUT2D eigenvalue weighted by Gasteiger charge is -2.14. The molecule has 0 unspecified atom stereocenters. The van der Waals surface area contributed by atoms with Crippen LogP contribution in [-0.2, 0) is 15.9 Å². The van der Waals surface area contributed by atoms with Crippen LogP contribution in [0, 0.1) is 0 Å². The van der Waals surface area contributed by atoms with Crippen molar-refractivity contribution in [2.45, 2.75) is 26.2 Å². The molecule has 0 amide bonds. The molecule has 0 saturated carbocycles. The Hall–Kier alpha value is -2.30. The second kappa shape index (κ2) is 7.64. The summed E-state index contributed by atoms with van der Waals surface area (Å²) in [6.45, 7) is 2.76. The van der Waals surface area contributed by atoms with Crippen LogP contribution >= 0.6 is 0 Å². The molecule has 1 aromatic rings. The molecule has 0 spiro atoms. The van der Waals surface area contributed by atoms with Crippen LogP contribution in [0.1, 0.15) is 46.0 Å². The van der Waals surface area contributed by atoms with Gasteiger partial charge in [0.1, 0.15) is 17.9 Å². The average molecular weight is 304 g/mol. The first-order valence-electron chi connectivity index (χ1n) is 7.37. The van der Waals surface area contributed by atoms with Crippen molar-refractivity contribution in [3.05, 3.63) is 41.0 Å².